The van der Waals surface area contributed by atoms with Crippen molar-refractivity contribution in [3.8, 4) is 5.75 Å². The van der Waals surface area contributed by atoms with Crippen LogP contribution in [0.5, 0.6) is 5.75 Å². The highest BCUT2D eigenvalue weighted by molar-refractivity contribution is 7.98. The van der Waals surface area contributed by atoms with E-state index in [9.17, 15) is 92.3 Å². The van der Waals surface area contributed by atoms with Gasteiger partial charge in [0, 0.05) is 19.4 Å². The summed E-state index contributed by atoms with van der Waals surface area (Å²) in [7, 11) is 0. The maximum Gasteiger partial charge on any atom is 0.322 e. The van der Waals surface area contributed by atoms with Crippen LogP contribution in [0.4, 0.5) is 0 Å². The predicted molar refractivity (Wildman–Crippen MR) is 383 cm³/mol. The third kappa shape index (κ3) is 37.3. The van der Waals surface area contributed by atoms with E-state index in [0.29, 0.717) is 38.6 Å². The number of amides is 13. The maximum absolute atomic E-state index is 14.5. The first kappa shape index (κ1) is 92.9. The number of nitrogens with zero attached hydrogens (tertiary/aromatic N) is 1. The van der Waals surface area contributed by atoms with E-state index < -0.39 is 213 Å². The summed E-state index contributed by atoms with van der Waals surface area (Å²) >= 11 is 2.47. The summed E-state index contributed by atoms with van der Waals surface area (Å²) in [5, 5.41) is 79.1. The first-order valence-corrected chi connectivity index (χ1v) is 36.5. The van der Waals surface area contributed by atoms with Gasteiger partial charge in [0.05, 0.1) is 31.7 Å². The van der Waals surface area contributed by atoms with Crippen molar-refractivity contribution in [3.05, 3.63) is 29.8 Å². The number of aromatic hydroxyl groups is 1. The minimum absolute atomic E-state index is 0.0189. The molecule has 13 amide bonds. The number of rotatable bonds is 54. The molecule has 0 aliphatic heterocycles. The number of aliphatic carboxylic acids is 2. The summed E-state index contributed by atoms with van der Waals surface area (Å²) in [4.78, 5) is 205. The molecule has 0 aliphatic rings. The number of aliphatic imine (C=N–C) groups is 1. The molecule has 0 bridgehead atoms. The second kappa shape index (κ2) is 51.1. The Morgan fingerprint density at radius 1 is 0.490 bits per heavy atom. The number of guanidine groups is 1. The molecule has 1 aromatic carbocycles. The van der Waals surface area contributed by atoms with Crippen molar-refractivity contribution in [2.24, 2.45) is 45.3 Å². The number of primary amides is 1. The zero-order valence-electron chi connectivity index (χ0n) is 59.2. The van der Waals surface area contributed by atoms with Gasteiger partial charge in [0.15, 0.2) is 5.96 Å². The summed E-state index contributed by atoms with van der Waals surface area (Å²) in [5.41, 5.74) is 33.8. The molecule has 0 aliphatic carbocycles. The minimum atomic E-state index is -2.00. The molecule has 0 spiro atoms. The van der Waals surface area contributed by atoms with Gasteiger partial charge in [-0.25, -0.2) is 0 Å². The summed E-state index contributed by atoms with van der Waals surface area (Å²) in [6.45, 7) is 2.22. The molecule has 0 fully saturated rings. The van der Waals surface area contributed by atoms with Gasteiger partial charge in [-0.1, -0.05) is 38.8 Å². The fourth-order valence-corrected chi connectivity index (χ4v) is 10.7. The Morgan fingerprint density at radius 2 is 0.933 bits per heavy atom. The molecule has 586 valence electrons. The maximum atomic E-state index is 14.5. The lowest BCUT2D eigenvalue weighted by atomic mass is 9.97. The highest BCUT2D eigenvalue weighted by Gasteiger charge is 2.38. The largest absolute Gasteiger partial charge is 0.508 e. The number of carbonyl (C=O) groups excluding carboxylic acids is 13. The second-order valence-corrected chi connectivity index (χ2v) is 26.3. The van der Waals surface area contributed by atoms with Crippen molar-refractivity contribution in [1.29, 1.82) is 0 Å². The molecule has 41 heteroatoms. The average Bonchev–Trinajstić information content (AvgIpc) is 0.859. The van der Waals surface area contributed by atoms with Crippen LogP contribution in [0.3, 0.4) is 0 Å². The number of hydrogen-bond donors (Lipinski definition) is 23. The second-order valence-electron chi connectivity index (χ2n) is 24.3. The molecule has 0 unspecified atom stereocenters. The molecule has 39 nitrogen and oxygen atoms in total. The third-order valence-electron chi connectivity index (χ3n) is 15.8. The van der Waals surface area contributed by atoms with Crippen molar-refractivity contribution in [2.75, 3.05) is 63.3 Å². The van der Waals surface area contributed by atoms with Gasteiger partial charge in [-0.05, 0) is 132 Å². The van der Waals surface area contributed by atoms with Gasteiger partial charge in [0.25, 0.3) is 0 Å². The van der Waals surface area contributed by atoms with Crippen molar-refractivity contribution in [2.45, 2.75) is 190 Å². The van der Waals surface area contributed by atoms with Crippen LogP contribution >= 0.6 is 23.5 Å². The van der Waals surface area contributed by atoms with Crippen molar-refractivity contribution < 1.29 is 97.5 Å². The zero-order chi connectivity index (χ0) is 78.6. The van der Waals surface area contributed by atoms with Crippen LogP contribution in [-0.2, 0) is 78.3 Å². The third-order valence-corrected chi connectivity index (χ3v) is 17.1. The normalized spacial score (nSPS) is 14.8. The quantitative estimate of drug-likeness (QED) is 0.0164. The highest BCUT2D eigenvalue weighted by Crippen LogP contribution is 2.15. The van der Waals surface area contributed by atoms with Crippen LogP contribution in [0, 0.1) is 5.92 Å². The zero-order valence-corrected chi connectivity index (χ0v) is 60.8. The monoisotopic (exact) mass is 1510 g/mol. The first-order valence-electron chi connectivity index (χ1n) is 33.7. The van der Waals surface area contributed by atoms with Crippen LogP contribution < -0.4 is 98.2 Å². The Kier molecular flexibility index (Phi) is 45.6. The molecule has 1 aromatic rings. The molecule has 0 radical (unpaired) electrons. The number of thioether (sulfide) groups is 2. The van der Waals surface area contributed by atoms with Crippen molar-refractivity contribution >= 4 is 118 Å². The Bertz CT molecular complexity index is 3030. The van der Waals surface area contributed by atoms with Gasteiger partial charge in [-0.2, -0.15) is 23.5 Å². The molecule has 0 heterocycles. The molecule has 0 saturated heterocycles. The smallest absolute Gasteiger partial charge is 0.322 e. The minimum Gasteiger partial charge on any atom is -0.508 e. The van der Waals surface area contributed by atoms with Gasteiger partial charge in [-0.3, -0.25) is 76.9 Å². The number of hydrogen-bond acceptors (Lipinski definition) is 24. The van der Waals surface area contributed by atoms with E-state index in [1.54, 1.807) is 26.4 Å². The Labute approximate surface area is 610 Å². The van der Waals surface area contributed by atoms with Gasteiger partial charge in [0.2, 0.25) is 76.8 Å². The molecule has 0 saturated carbocycles. The van der Waals surface area contributed by atoms with E-state index in [2.05, 4.69) is 68.8 Å². The molecular weight excluding hydrogens is 1410 g/mol. The molecule has 1 rings (SSSR count). The number of nitrogens with one attached hydrogen (secondary N) is 12. The van der Waals surface area contributed by atoms with E-state index in [1.807, 2.05) is 0 Å². The number of benzene rings is 1. The standard InChI is InChI=1S/C63H107N19O20S2/c1-6-33(2)50(61(101)72-31-49(90)91)81-56(96)40(19-20-46(67)86)76-55(95)41(21-26-103-4)78-62(102)51(34(3)84)82-57(97)42(22-27-104-5)77-58(98)43(28-35-15-17-36(85)18-16-35)79-59(99)44(29-48(88)89)73-47(87)30-71-53(93)38(14-11-25-70-63(68)69)75-60(100)45(32-83)80-54(94)39(13-8-10-24-65)74-52(92)37(66)12-7-9-23-64/h15-18,33-34,37-45,50-51,83-85H,6-14,19-32,64-66H2,1-5H3,(H2,67,86)(H,71,93)(H,72,101)(H,73,87)(H,74,92)(H,75,100)(H,76,95)(H,77,98)(H,78,102)(H,79,99)(H,80,94)(H,81,96)(H,82,97)(H,88,89)(H,90,91)(H4,68,69,70)/t33-,34+,37-,38-,39-,40-,41-,42-,43-,44-,45-,50-,51-/m0/s1. The molecular formula is C63H107N19O20S2. The summed E-state index contributed by atoms with van der Waals surface area (Å²) in [6.07, 6.45) is 1.34. The van der Waals surface area contributed by atoms with Crippen LogP contribution in [0.25, 0.3) is 0 Å². The number of unbranched alkanes of at least 4 members (excludes halogenated alkanes) is 2. The van der Waals surface area contributed by atoms with E-state index in [0.717, 1.165) is 6.92 Å². The van der Waals surface area contributed by atoms with Gasteiger partial charge in [0.1, 0.15) is 72.7 Å². The summed E-state index contributed by atoms with van der Waals surface area (Å²) in [5.74, 6) is -16.9. The lowest BCUT2D eigenvalue weighted by Gasteiger charge is -2.29. The topological polar surface area (TPSA) is 670 Å². The number of aliphatic hydroxyl groups is 2. The molecule has 29 N–H and O–H groups in total. The van der Waals surface area contributed by atoms with E-state index in [4.69, 9.17) is 39.5 Å². The fourth-order valence-electron chi connectivity index (χ4n) is 9.72. The van der Waals surface area contributed by atoms with Gasteiger partial charge < -0.3 is 124 Å². The van der Waals surface area contributed by atoms with Gasteiger partial charge in [-0.15, -0.1) is 0 Å². The van der Waals surface area contributed by atoms with Gasteiger partial charge >= 0.3 is 11.9 Å². The lowest BCUT2D eigenvalue weighted by molar-refractivity contribution is -0.141. The number of nitrogens with two attached hydrogens (primary N) is 6. The molecule has 104 heavy (non-hydrogen) atoms. The number of phenols is 1. The predicted octanol–water partition coefficient (Wildman–Crippen LogP) is -7.60. The molecule has 0 aromatic heterocycles. The number of carboxylic acids is 2. The lowest BCUT2D eigenvalue weighted by Crippen LogP contribution is -2.62. The van der Waals surface area contributed by atoms with E-state index >= 15 is 0 Å². The van der Waals surface area contributed by atoms with E-state index in [-0.39, 0.29) is 80.4 Å². The van der Waals surface area contributed by atoms with Crippen LogP contribution in [0.2, 0.25) is 0 Å². The van der Waals surface area contributed by atoms with E-state index in [1.165, 1.54) is 47.8 Å². The summed E-state index contributed by atoms with van der Waals surface area (Å²) < 4.78 is 0. The number of phenolic OH excluding ortho intramolecular Hbond substituents is 1. The van der Waals surface area contributed by atoms with Crippen LogP contribution in [0.1, 0.15) is 116 Å². The number of carboxylic acid groups (broad SMARTS) is 2. The van der Waals surface area contributed by atoms with Crippen LogP contribution in [-0.4, -0.2) is 256 Å². The van der Waals surface area contributed by atoms with Crippen molar-refractivity contribution in [3.63, 3.8) is 0 Å². The first-order chi connectivity index (χ1) is 49.2. The Balaban J connectivity index is 3.59. The Hall–Kier alpha value is -9.16. The fraction of sp³-hybridized carbons (Fsp3) is 0.651. The van der Waals surface area contributed by atoms with Crippen LogP contribution in [0.15, 0.2) is 29.3 Å². The molecule has 13 atom stereocenters. The summed E-state index contributed by atoms with van der Waals surface area (Å²) in [6, 6.07) is -11.8. The number of aliphatic hydroxyl groups excluding tert-OH is 2. The SMILES string of the molecule is CC[C@H](C)[C@H](NC(=O)[C@H](CCC(N)=O)NC(=O)[C@H](CCSC)NC(=O)[C@@H](NC(=O)[C@H](CCSC)NC(=O)[C@H](Cc1ccc(O)cc1)NC(=O)[C@H](CC(=O)O)NC(=O)CNC(=O)[C@H](CCCN=C(N)N)NC(=O)[C@H](CO)NC(=O)[C@H](CCCCN)NC(=O)[C@@H](N)CCCCN)[C@@H](C)O)C(=O)NCC(=O)O. The Morgan fingerprint density at radius 3 is 1.43 bits per heavy atom. The average molecular weight is 1510 g/mol. The number of carbonyl (C=O) groups is 15. The van der Waals surface area contributed by atoms with Crippen molar-refractivity contribution in [1.82, 2.24) is 63.8 Å². The highest BCUT2D eigenvalue weighted by atomic mass is 32.2.